The summed E-state index contributed by atoms with van der Waals surface area (Å²) < 4.78 is 0. The average Bonchev–Trinajstić information content (AvgIpc) is 2.79. The van der Waals surface area contributed by atoms with E-state index in [4.69, 9.17) is 0 Å². The van der Waals surface area contributed by atoms with Crippen LogP contribution in [0, 0.1) is 17.2 Å². The van der Waals surface area contributed by atoms with Gasteiger partial charge in [-0.3, -0.25) is 5.32 Å². The van der Waals surface area contributed by atoms with E-state index in [1.165, 1.54) is 31.4 Å². The van der Waals surface area contributed by atoms with Gasteiger partial charge in [0.25, 0.3) is 0 Å². The van der Waals surface area contributed by atoms with E-state index in [2.05, 4.69) is 37.0 Å². The minimum absolute atomic E-state index is 0.350. The zero-order valence-corrected chi connectivity index (χ0v) is 12.3. The molecule has 1 fully saturated rings. The lowest BCUT2D eigenvalue weighted by atomic mass is 9.98. The van der Waals surface area contributed by atoms with E-state index in [1.54, 1.807) is 0 Å². The van der Waals surface area contributed by atoms with Crippen LogP contribution in [0.3, 0.4) is 0 Å². The van der Waals surface area contributed by atoms with E-state index in [-0.39, 0.29) is 5.54 Å². The molecule has 0 bridgehead atoms. The number of hydrogen-bond acceptors (Lipinski definition) is 3. The summed E-state index contributed by atoms with van der Waals surface area (Å²) in [6.45, 7) is 7.20. The smallest absolute Gasteiger partial charge is 0.104 e. The molecule has 17 heavy (non-hydrogen) atoms. The van der Waals surface area contributed by atoms with E-state index in [0.29, 0.717) is 5.25 Å². The topological polar surface area (TPSA) is 35.8 Å². The largest absolute Gasteiger partial charge is 0.300 e. The fourth-order valence-corrected chi connectivity index (χ4v) is 4.04. The first-order valence-corrected chi connectivity index (χ1v) is 7.92. The van der Waals surface area contributed by atoms with Crippen LogP contribution in [0.2, 0.25) is 0 Å². The highest BCUT2D eigenvalue weighted by Crippen LogP contribution is 2.31. The second-order valence-electron chi connectivity index (χ2n) is 5.47. The third-order valence-electron chi connectivity index (χ3n) is 3.60. The Balaban J connectivity index is 2.27. The SMILES string of the molecule is CCNC(C)(C#N)CC(C)SCC1CCCC1. The Morgan fingerprint density at radius 3 is 2.65 bits per heavy atom. The van der Waals surface area contributed by atoms with Crippen LogP contribution < -0.4 is 5.32 Å². The second kappa shape index (κ2) is 7.28. The molecule has 0 radical (unpaired) electrons. The van der Waals surface area contributed by atoms with Crippen LogP contribution in [0.1, 0.15) is 52.9 Å². The van der Waals surface area contributed by atoms with Gasteiger partial charge >= 0.3 is 0 Å². The molecule has 2 unspecified atom stereocenters. The highest BCUT2D eigenvalue weighted by Gasteiger charge is 2.26. The first kappa shape index (κ1) is 14.9. The Hall–Kier alpha value is -0.200. The third kappa shape index (κ3) is 5.31. The van der Waals surface area contributed by atoms with Gasteiger partial charge < -0.3 is 0 Å². The van der Waals surface area contributed by atoms with Crippen molar-refractivity contribution in [2.45, 2.75) is 63.7 Å². The van der Waals surface area contributed by atoms with Gasteiger partial charge in [0.05, 0.1) is 6.07 Å². The quantitative estimate of drug-likeness (QED) is 0.754. The van der Waals surface area contributed by atoms with Crippen molar-refractivity contribution < 1.29 is 0 Å². The zero-order valence-electron chi connectivity index (χ0n) is 11.5. The number of nitrogens with one attached hydrogen (secondary N) is 1. The predicted octanol–water partition coefficient (Wildman–Crippen LogP) is 3.58. The lowest BCUT2D eigenvalue weighted by molar-refractivity contribution is 0.429. The van der Waals surface area contributed by atoms with Gasteiger partial charge in [-0.05, 0) is 44.4 Å². The average molecular weight is 254 g/mol. The molecule has 1 saturated carbocycles. The predicted molar refractivity (Wildman–Crippen MR) is 76.2 cm³/mol. The minimum Gasteiger partial charge on any atom is -0.300 e. The first-order chi connectivity index (χ1) is 8.09. The van der Waals surface area contributed by atoms with Crippen LogP contribution in [-0.4, -0.2) is 23.1 Å². The molecule has 1 rings (SSSR count). The van der Waals surface area contributed by atoms with Crippen LogP contribution in [0.25, 0.3) is 0 Å². The first-order valence-electron chi connectivity index (χ1n) is 6.87. The van der Waals surface area contributed by atoms with Crippen LogP contribution >= 0.6 is 11.8 Å². The molecule has 0 aromatic carbocycles. The molecule has 0 amide bonds. The molecular weight excluding hydrogens is 228 g/mol. The monoisotopic (exact) mass is 254 g/mol. The molecule has 0 aromatic rings. The lowest BCUT2D eigenvalue weighted by Crippen LogP contribution is -2.42. The molecule has 98 valence electrons. The van der Waals surface area contributed by atoms with Gasteiger partial charge in [0, 0.05) is 5.25 Å². The summed E-state index contributed by atoms with van der Waals surface area (Å²) >= 11 is 2.05. The van der Waals surface area contributed by atoms with E-state index in [9.17, 15) is 5.26 Å². The number of thioether (sulfide) groups is 1. The van der Waals surface area contributed by atoms with Crippen LogP contribution in [0.5, 0.6) is 0 Å². The summed E-state index contributed by atoms with van der Waals surface area (Å²) in [4.78, 5) is 0. The summed E-state index contributed by atoms with van der Waals surface area (Å²) in [5.74, 6) is 2.23. The second-order valence-corrected chi connectivity index (χ2v) is 6.94. The Kier molecular flexibility index (Phi) is 6.37. The van der Waals surface area contributed by atoms with Gasteiger partial charge in [0.1, 0.15) is 5.54 Å². The van der Waals surface area contributed by atoms with Gasteiger partial charge in [-0.15, -0.1) is 0 Å². The van der Waals surface area contributed by atoms with E-state index in [0.717, 1.165) is 18.9 Å². The summed E-state index contributed by atoms with van der Waals surface area (Å²) in [5, 5.41) is 13.1. The van der Waals surface area contributed by atoms with Crippen molar-refractivity contribution in [2.75, 3.05) is 12.3 Å². The van der Waals surface area contributed by atoms with Crippen molar-refractivity contribution in [2.24, 2.45) is 5.92 Å². The number of hydrogen-bond donors (Lipinski definition) is 1. The Morgan fingerprint density at radius 2 is 2.12 bits per heavy atom. The Morgan fingerprint density at radius 1 is 1.47 bits per heavy atom. The molecule has 2 atom stereocenters. The number of nitrogens with zero attached hydrogens (tertiary/aromatic N) is 1. The third-order valence-corrected chi connectivity index (χ3v) is 5.00. The summed E-state index contributed by atoms with van der Waals surface area (Å²) in [7, 11) is 0. The standard InChI is InChI=1S/C14H26N2S/c1-4-16-14(3,11-15)9-12(2)17-10-13-7-5-6-8-13/h12-13,16H,4-10H2,1-3H3. The van der Waals surface area contributed by atoms with Crippen molar-refractivity contribution in [3.05, 3.63) is 0 Å². The van der Waals surface area contributed by atoms with Crippen molar-refractivity contribution in [3.8, 4) is 6.07 Å². The van der Waals surface area contributed by atoms with Crippen LogP contribution in [0.15, 0.2) is 0 Å². The maximum atomic E-state index is 9.22. The van der Waals surface area contributed by atoms with Gasteiger partial charge in [0.2, 0.25) is 0 Å². The minimum atomic E-state index is -0.350. The van der Waals surface area contributed by atoms with Crippen molar-refractivity contribution >= 4 is 11.8 Å². The van der Waals surface area contributed by atoms with Crippen LogP contribution in [-0.2, 0) is 0 Å². The fraction of sp³-hybridized carbons (Fsp3) is 0.929. The molecule has 0 heterocycles. The Bertz CT molecular complexity index is 255. The maximum absolute atomic E-state index is 9.22. The summed E-state index contributed by atoms with van der Waals surface area (Å²) in [6.07, 6.45) is 6.62. The van der Waals surface area contributed by atoms with Gasteiger partial charge in [-0.1, -0.05) is 26.7 Å². The molecule has 0 aliphatic heterocycles. The maximum Gasteiger partial charge on any atom is 0.104 e. The molecular formula is C14H26N2S. The molecule has 2 nitrogen and oxygen atoms in total. The highest BCUT2D eigenvalue weighted by molar-refractivity contribution is 7.99. The molecule has 1 aliphatic carbocycles. The summed E-state index contributed by atoms with van der Waals surface area (Å²) in [6, 6.07) is 2.41. The molecule has 1 N–H and O–H groups in total. The van der Waals surface area contributed by atoms with Crippen molar-refractivity contribution in [1.82, 2.24) is 5.32 Å². The highest BCUT2D eigenvalue weighted by atomic mass is 32.2. The van der Waals surface area contributed by atoms with E-state index >= 15 is 0 Å². The zero-order chi connectivity index (χ0) is 12.7. The molecule has 0 aromatic heterocycles. The normalized spacial score (nSPS) is 22.0. The molecule has 0 spiro atoms. The van der Waals surface area contributed by atoms with Gasteiger partial charge in [-0.25, -0.2) is 0 Å². The van der Waals surface area contributed by atoms with Crippen molar-refractivity contribution in [1.29, 1.82) is 5.26 Å². The van der Waals surface area contributed by atoms with E-state index in [1.807, 2.05) is 6.92 Å². The van der Waals surface area contributed by atoms with Gasteiger partial charge in [-0.2, -0.15) is 17.0 Å². The van der Waals surface area contributed by atoms with Crippen LogP contribution in [0.4, 0.5) is 0 Å². The fourth-order valence-electron chi connectivity index (χ4n) is 2.66. The van der Waals surface area contributed by atoms with E-state index < -0.39 is 0 Å². The number of rotatable bonds is 7. The Labute approximate surface area is 111 Å². The molecule has 3 heteroatoms. The molecule has 0 saturated heterocycles. The van der Waals surface area contributed by atoms with Gasteiger partial charge in [0.15, 0.2) is 0 Å². The summed E-state index contributed by atoms with van der Waals surface area (Å²) in [5.41, 5.74) is -0.350. The number of nitriles is 1. The lowest BCUT2D eigenvalue weighted by Gasteiger charge is -2.26. The van der Waals surface area contributed by atoms with Crippen molar-refractivity contribution in [3.63, 3.8) is 0 Å². The molecule has 1 aliphatic rings.